The normalized spacial score (nSPS) is 11.7. The van der Waals surface area contributed by atoms with Gasteiger partial charge < -0.3 is 5.11 Å². The number of rotatable bonds is 3. The average molecular weight is 333 g/mol. The zero-order valence-electron chi connectivity index (χ0n) is 12.7. The first kappa shape index (κ1) is 16.2. The third-order valence-electron chi connectivity index (χ3n) is 3.62. The molecule has 0 aliphatic carbocycles. The van der Waals surface area contributed by atoms with Gasteiger partial charge >= 0.3 is 6.18 Å². The highest BCUT2D eigenvalue weighted by molar-refractivity contribution is 5.65. The number of hydrogen-bond acceptors (Lipinski definition) is 3. The summed E-state index contributed by atoms with van der Waals surface area (Å²) in [4.78, 5) is 0. The number of aryl methyl sites for hydroxylation is 1. The molecule has 0 aliphatic rings. The van der Waals surface area contributed by atoms with Crippen molar-refractivity contribution in [3.05, 3.63) is 65.4 Å². The van der Waals surface area contributed by atoms with E-state index in [0.717, 1.165) is 16.3 Å². The van der Waals surface area contributed by atoms with Crippen LogP contribution in [-0.4, -0.2) is 20.1 Å². The number of aromatic nitrogens is 3. The highest BCUT2D eigenvalue weighted by Crippen LogP contribution is 2.35. The standard InChI is InChI=1S/C17H14F3N3O/c1-11-5-4-6-12(9-11)16-14(10-24)21-22-23(16)15-8-3-2-7-13(15)17(18,19)20/h2-9,24H,10H2,1H3. The van der Waals surface area contributed by atoms with Crippen molar-refractivity contribution in [3.63, 3.8) is 0 Å². The maximum atomic E-state index is 13.3. The Morgan fingerprint density at radius 1 is 1.08 bits per heavy atom. The van der Waals surface area contributed by atoms with Crippen molar-refractivity contribution in [1.29, 1.82) is 0 Å². The fourth-order valence-electron chi connectivity index (χ4n) is 2.57. The predicted octanol–water partition coefficient (Wildman–Crippen LogP) is 3.75. The van der Waals surface area contributed by atoms with E-state index in [-0.39, 0.29) is 11.4 Å². The van der Waals surface area contributed by atoms with Crippen molar-refractivity contribution in [3.8, 4) is 16.9 Å². The van der Waals surface area contributed by atoms with Crippen molar-refractivity contribution >= 4 is 0 Å². The van der Waals surface area contributed by atoms with Gasteiger partial charge in [0.05, 0.1) is 17.9 Å². The summed E-state index contributed by atoms with van der Waals surface area (Å²) in [5.74, 6) is 0. The second kappa shape index (κ2) is 6.09. The van der Waals surface area contributed by atoms with E-state index in [2.05, 4.69) is 10.3 Å². The molecule has 0 fully saturated rings. The monoisotopic (exact) mass is 333 g/mol. The van der Waals surface area contributed by atoms with Crippen LogP contribution in [0.15, 0.2) is 48.5 Å². The molecule has 0 saturated heterocycles. The molecule has 3 rings (SSSR count). The topological polar surface area (TPSA) is 50.9 Å². The molecule has 3 aromatic rings. The molecule has 124 valence electrons. The van der Waals surface area contributed by atoms with Crippen LogP contribution in [0.4, 0.5) is 13.2 Å². The predicted molar refractivity (Wildman–Crippen MR) is 82.5 cm³/mol. The summed E-state index contributed by atoms with van der Waals surface area (Å²) in [6.07, 6.45) is -4.52. The second-order valence-electron chi connectivity index (χ2n) is 5.34. The quantitative estimate of drug-likeness (QED) is 0.794. The second-order valence-corrected chi connectivity index (χ2v) is 5.34. The Balaban J connectivity index is 2.27. The molecule has 0 aliphatic heterocycles. The Hall–Kier alpha value is -2.67. The largest absolute Gasteiger partial charge is 0.418 e. The number of benzene rings is 2. The number of para-hydroxylation sites is 1. The lowest BCUT2D eigenvalue weighted by molar-refractivity contribution is -0.137. The van der Waals surface area contributed by atoms with Crippen LogP contribution in [0.5, 0.6) is 0 Å². The van der Waals surface area contributed by atoms with Crippen molar-refractivity contribution in [1.82, 2.24) is 15.0 Å². The Labute approximate surface area is 136 Å². The van der Waals surface area contributed by atoms with Crippen LogP contribution >= 0.6 is 0 Å². The molecule has 0 atom stereocenters. The third kappa shape index (κ3) is 2.90. The van der Waals surface area contributed by atoms with Gasteiger partial charge in [0.2, 0.25) is 0 Å². The van der Waals surface area contributed by atoms with Crippen LogP contribution in [0.25, 0.3) is 16.9 Å². The first-order valence-corrected chi connectivity index (χ1v) is 7.21. The zero-order valence-corrected chi connectivity index (χ0v) is 12.7. The van der Waals surface area contributed by atoms with Crippen LogP contribution in [-0.2, 0) is 12.8 Å². The van der Waals surface area contributed by atoms with Gasteiger partial charge in [-0.05, 0) is 25.1 Å². The molecule has 0 saturated carbocycles. The van der Waals surface area contributed by atoms with Crippen LogP contribution in [0.3, 0.4) is 0 Å². The highest BCUT2D eigenvalue weighted by Gasteiger charge is 2.34. The molecule has 0 amide bonds. The van der Waals surface area contributed by atoms with E-state index >= 15 is 0 Å². The van der Waals surface area contributed by atoms with Gasteiger partial charge in [-0.15, -0.1) is 5.10 Å². The molecule has 24 heavy (non-hydrogen) atoms. The minimum Gasteiger partial charge on any atom is -0.390 e. The lowest BCUT2D eigenvalue weighted by Gasteiger charge is -2.14. The van der Waals surface area contributed by atoms with Gasteiger partial charge in [-0.2, -0.15) is 13.2 Å². The average Bonchev–Trinajstić information content (AvgIpc) is 2.98. The summed E-state index contributed by atoms with van der Waals surface area (Å²) in [6, 6.07) is 12.4. The fourth-order valence-corrected chi connectivity index (χ4v) is 2.57. The Kier molecular flexibility index (Phi) is 4.11. The number of nitrogens with zero attached hydrogens (tertiary/aromatic N) is 3. The summed E-state index contributed by atoms with van der Waals surface area (Å²) in [7, 11) is 0. The number of alkyl halides is 3. The van der Waals surface area contributed by atoms with Crippen molar-refractivity contribution in [2.45, 2.75) is 19.7 Å². The van der Waals surface area contributed by atoms with Crippen LogP contribution in [0.1, 0.15) is 16.8 Å². The molecule has 1 aromatic heterocycles. The summed E-state index contributed by atoms with van der Waals surface area (Å²) in [5, 5.41) is 17.2. The number of aliphatic hydroxyl groups is 1. The van der Waals surface area contributed by atoms with Crippen molar-refractivity contribution in [2.24, 2.45) is 0 Å². The molecule has 0 unspecified atom stereocenters. The van der Waals surface area contributed by atoms with Crippen LogP contribution < -0.4 is 0 Å². The van der Waals surface area contributed by atoms with E-state index in [1.54, 1.807) is 12.1 Å². The summed E-state index contributed by atoms with van der Waals surface area (Å²) >= 11 is 0. The number of hydrogen-bond donors (Lipinski definition) is 1. The Bertz CT molecular complexity index is 872. The van der Waals surface area contributed by atoms with Gasteiger partial charge in [0, 0.05) is 5.56 Å². The maximum absolute atomic E-state index is 13.3. The molecular formula is C17H14F3N3O. The molecule has 7 heteroatoms. The Morgan fingerprint density at radius 3 is 2.50 bits per heavy atom. The smallest absolute Gasteiger partial charge is 0.390 e. The molecule has 4 nitrogen and oxygen atoms in total. The SMILES string of the molecule is Cc1cccc(-c2c(CO)nnn2-c2ccccc2C(F)(F)F)c1. The number of halogens is 3. The van der Waals surface area contributed by atoms with Gasteiger partial charge in [0.15, 0.2) is 0 Å². The van der Waals surface area contributed by atoms with E-state index in [1.807, 2.05) is 19.1 Å². The third-order valence-corrected chi connectivity index (χ3v) is 3.62. The Morgan fingerprint density at radius 2 is 1.83 bits per heavy atom. The number of aliphatic hydroxyl groups excluding tert-OH is 1. The fraction of sp³-hybridized carbons (Fsp3) is 0.176. The molecule has 2 aromatic carbocycles. The van der Waals surface area contributed by atoms with Gasteiger partial charge in [-0.25, -0.2) is 4.68 Å². The summed E-state index contributed by atoms with van der Waals surface area (Å²) < 4.78 is 41.1. The van der Waals surface area contributed by atoms with Gasteiger partial charge in [-0.1, -0.05) is 41.1 Å². The first-order chi connectivity index (χ1) is 11.4. The van der Waals surface area contributed by atoms with Crippen LogP contribution in [0, 0.1) is 6.92 Å². The van der Waals surface area contributed by atoms with Gasteiger partial charge in [-0.3, -0.25) is 0 Å². The molecule has 0 spiro atoms. The molecule has 0 radical (unpaired) electrons. The van der Waals surface area contributed by atoms with Gasteiger partial charge in [0.1, 0.15) is 11.4 Å². The first-order valence-electron chi connectivity index (χ1n) is 7.21. The van der Waals surface area contributed by atoms with Gasteiger partial charge in [0.25, 0.3) is 0 Å². The molecule has 1 N–H and O–H groups in total. The minimum absolute atomic E-state index is 0.131. The maximum Gasteiger partial charge on any atom is 0.418 e. The van der Waals surface area contributed by atoms with Crippen molar-refractivity contribution in [2.75, 3.05) is 0 Å². The summed E-state index contributed by atoms with van der Waals surface area (Å²) in [6.45, 7) is 1.46. The molecule has 0 bridgehead atoms. The molecular weight excluding hydrogens is 319 g/mol. The van der Waals surface area contributed by atoms with E-state index < -0.39 is 18.3 Å². The minimum atomic E-state index is -4.52. The van der Waals surface area contributed by atoms with Crippen LogP contribution in [0.2, 0.25) is 0 Å². The lowest BCUT2D eigenvalue weighted by atomic mass is 10.1. The highest BCUT2D eigenvalue weighted by atomic mass is 19.4. The zero-order chi connectivity index (χ0) is 17.3. The van der Waals surface area contributed by atoms with Crippen molar-refractivity contribution < 1.29 is 18.3 Å². The lowest BCUT2D eigenvalue weighted by Crippen LogP contribution is -2.12. The van der Waals surface area contributed by atoms with E-state index in [1.165, 1.54) is 18.2 Å². The van der Waals surface area contributed by atoms with E-state index in [0.29, 0.717) is 11.3 Å². The van der Waals surface area contributed by atoms with E-state index in [9.17, 15) is 18.3 Å². The summed E-state index contributed by atoms with van der Waals surface area (Å²) in [5.41, 5.74) is 1.20. The molecule has 1 heterocycles. The van der Waals surface area contributed by atoms with E-state index in [4.69, 9.17) is 0 Å².